The fourth-order valence-electron chi connectivity index (χ4n) is 2.43. The normalized spacial score (nSPS) is 19.7. The highest BCUT2D eigenvalue weighted by Gasteiger charge is 2.23. The molecular weight excluding hydrogens is 214 g/mol. The number of hydrogen-bond donors (Lipinski definition) is 1. The van der Waals surface area contributed by atoms with Crippen molar-refractivity contribution in [3.8, 4) is 0 Å². The number of nitrogens with two attached hydrogens (primary N) is 1. The molecule has 1 aliphatic rings. The third-order valence-electron chi connectivity index (χ3n) is 3.53. The topological polar surface area (TPSA) is 49.6 Å². The van der Waals surface area contributed by atoms with Gasteiger partial charge in [0.25, 0.3) is 0 Å². The van der Waals surface area contributed by atoms with Crippen LogP contribution in [0.4, 0.5) is 0 Å². The Bertz CT molecular complexity index is 233. The van der Waals surface area contributed by atoms with Crippen molar-refractivity contribution in [2.75, 3.05) is 33.7 Å². The molecule has 1 unspecified atom stereocenters. The second kappa shape index (κ2) is 6.97. The van der Waals surface area contributed by atoms with Crippen molar-refractivity contribution in [2.24, 2.45) is 11.7 Å². The van der Waals surface area contributed by atoms with Crippen molar-refractivity contribution >= 4 is 5.91 Å². The maximum absolute atomic E-state index is 11.7. The van der Waals surface area contributed by atoms with E-state index in [-0.39, 0.29) is 11.9 Å². The average molecular weight is 241 g/mol. The molecule has 0 aliphatic carbocycles. The Labute approximate surface area is 105 Å². The molecular formula is C13H27N3O. The average Bonchev–Trinajstić information content (AvgIpc) is 2.28. The Balaban J connectivity index is 2.19. The molecule has 0 radical (unpaired) electrons. The van der Waals surface area contributed by atoms with Crippen LogP contribution in [0.1, 0.15) is 32.6 Å². The van der Waals surface area contributed by atoms with Gasteiger partial charge in [0.2, 0.25) is 5.91 Å². The highest BCUT2D eigenvalue weighted by Crippen LogP contribution is 2.22. The molecule has 0 bridgehead atoms. The van der Waals surface area contributed by atoms with E-state index in [0.717, 1.165) is 31.8 Å². The first-order chi connectivity index (χ1) is 8.00. The fraction of sp³-hybridized carbons (Fsp3) is 0.923. The lowest BCUT2D eigenvalue weighted by molar-refractivity contribution is -0.133. The molecule has 1 fully saturated rings. The van der Waals surface area contributed by atoms with Gasteiger partial charge in [0.05, 0.1) is 6.04 Å². The molecule has 1 aliphatic heterocycles. The number of likely N-dealkylation sites (tertiary alicyclic amines) is 1. The van der Waals surface area contributed by atoms with Gasteiger partial charge in [-0.1, -0.05) is 0 Å². The van der Waals surface area contributed by atoms with Crippen molar-refractivity contribution in [2.45, 2.75) is 38.6 Å². The van der Waals surface area contributed by atoms with Crippen LogP contribution in [-0.2, 0) is 4.79 Å². The highest BCUT2D eigenvalue weighted by atomic mass is 16.2. The second-order valence-corrected chi connectivity index (χ2v) is 5.50. The van der Waals surface area contributed by atoms with Crippen LogP contribution >= 0.6 is 0 Å². The standard InChI is InChI=1S/C13H27N3O/c1-11(14)13(17)16-9-6-12(7-10-16)5-4-8-15(2)3/h11-12H,4-10,14H2,1-3H3. The smallest absolute Gasteiger partial charge is 0.239 e. The molecule has 4 nitrogen and oxygen atoms in total. The Morgan fingerprint density at radius 1 is 1.41 bits per heavy atom. The first-order valence-corrected chi connectivity index (χ1v) is 6.69. The van der Waals surface area contributed by atoms with Gasteiger partial charge in [-0.25, -0.2) is 0 Å². The number of amides is 1. The molecule has 0 aromatic rings. The van der Waals surface area contributed by atoms with Crippen LogP contribution < -0.4 is 5.73 Å². The molecule has 0 aromatic carbocycles. The van der Waals surface area contributed by atoms with E-state index in [1.807, 2.05) is 4.90 Å². The summed E-state index contributed by atoms with van der Waals surface area (Å²) in [7, 11) is 4.23. The number of carbonyl (C=O) groups excluding carboxylic acids is 1. The number of hydrogen-bond acceptors (Lipinski definition) is 3. The maximum atomic E-state index is 11.7. The third kappa shape index (κ3) is 5.04. The number of piperidine rings is 1. The van der Waals surface area contributed by atoms with Gasteiger partial charge >= 0.3 is 0 Å². The minimum Gasteiger partial charge on any atom is -0.341 e. The van der Waals surface area contributed by atoms with Crippen molar-refractivity contribution in [1.82, 2.24) is 9.80 Å². The van der Waals surface area contributed by atoms with Gasteiger partial charge < -0.3 is 15.5 Å². The van der Waals surface area contributed by atoms with E-state index >= 15 is 0 Å². The summed E-state index contributed by atoms with van der Waals surface area (Å²) < 4.78 is 0. The second-order valence-electron chi connectivity index (χ2n) is 5.50. The Morgan fingerprint density at radius 3 is 2.47 bits per heavy atom. The van der Waals surface area contributed by atoms with E-state index in [1.54, 1.807) is 6.92 Å². The molecule has 1 amide bonds. The van der Waals surface area contributed by atoms with E-state index < -0.39 is 0 Å². The van der Waals surface area contributed by atoms with Gasteiger partial charge in [-0.15, -0.1) is 0 Å². The summed E-state index contributed by atoms with van der Waals surface area (Å²) in [5.41, 5.74) is 5.62. The lowest BCUT2D eigenvalue weighted by atomic mass is 9.92. The highest BCUT2D eigenvalue weighted by molar-refractivity contribution is 5.81. The van der Waals surface area contributed by atoms with Gasteiger partial charge in [0, 0.05) is 13.1 Å². The summed E-state index contributed by atoms with van der Waals surface area (Å²) in [5, 5.41) is 0. The Kier molecular flexibility index (Phi) is 5.92. The SMILES string of the molecule is CC(N)C(=O)N1CCC(CCCN(C)C)CC1. The van der Waals surface area contributed by atoms with Crippen molar-refractivity contribution in [1.29, 1.82) is 0 Å². The summed E-state index contributed by atoms with van der Waals surface area (Å²) in [6, 6.07) is -0.347. The van der Waals surface area contributed by atoms with Crippen molar-refractivity contribution in [3.63, 3.8) is 0 Å². The zero-order valence-corrected chi connectivity index (χ0v) is 11.5. The summed E-state index contributed by atoms with van der Waals surface area (Å²) in [6.07, 6.45) is 4.84. The van der Waals surface area contributed by atoms with E-state index in [0.29, 0.717) is 0 Å². The van der Waals surface area contributed by atoms with Gasteiger partial charge in [0.15, 0.2) is 0 Å². The van der Waals surface area contributed by atoms with Crippen LogP contribution in [0.15, 0.2) is 0 Å². The summed E-state index contributed by atoms with van der Waals surface area (Å²) in [5.74, 6) is 0.906. The van der Waals surface area contributed by atoms with Crippen molar-refractivity contribution < 1.29 is 4.79 Å². The minimum absolute atomic E-state index is 0.108. The fourth-order valence-corrected chi connectivity index (χ4v) is 2.43. The molecule has 1 heterocycles. The molecule has 1 atom stereocenters. The molecule has 4 heteroatoms. The Morgan fingerprint density at radius 2 is 2.00 bits per heavy atom. The molecule has 100 valence electrons. The zero-order chi connectivity index (χ0) is 12.8. The van der Waals surface area contributed by atoms with Crippen LogP contribution in [0.2, 0.25) is 0 Å². The first kappa shape index (κ1) is 14.5. The minimum atomic E-state index is -0.347. The third-order valence-corrected chi connectivity index (χ3v) is 3.53. The predicted molar refractivity (Wildman–Crippen MR) is 70.7 cm³/mol. The van der Waals surface area contributed by atoms with E-state index in [2.05, 4.69) is 19.0 Å². The van der Waals surface area contributed by atoms with E-state index in [9.17, 15) is 4.79 Å². The number of nitrogens with zero attached hydrogens (tertiary/aromatic N) is 2. The van der Waals surface area contributed by atoms with Crippen LogP contribution in [0, 0.1) is 5.92 Å². The van der Waals surface area contributed by atoms with Crippen LogP contribution in [0.25, 0.3) is 0 Å². The predicted octanol–water partition coefficient (Wildman–Crippen LogP) is 0.914. The van der Waals surface area contributed by atoms with Gasteiger partial charge in [0.1, 0.15) is 0 Å². The number of rotatable bonds is 5. The van der Waals surface area contributed by atoms with Crippen LogP contribution in [0.3, 0.4) is 0 Å². The van der Waals surface area contributed by atoms with E-state index in [4.69, 9.17) is 5.73 Å². The molecule has 2 N–H and O–H groups in total. The molecule has 17 heavy (non-hydrogen) atoms. The lowest BCUT2D eigenvalue weighted by Crippen LogP contribution is -2.45. The van der Waals surface area contributed by atoms with Gasteiger partial charge in [-0.05, 0) is 59.2 Å². The quantitative estimate of drug-likeness (QED) is 0.778. The molecule has 1 saturated heterocycles. The van der Waals surface area contributed by atoms with Crippen molar-refractivity contribution in [3.05, 3.63) is 0 Å². The summed E-state index contributed by atoms with van der Waals surface area (Å²) in [6.45, 7) is 4.73. The van der Waals surface area contributed by atoms with Crippen LogP contribution in [0.5, 0.6) is 0 Å². The number of carbonyl (C=O) groups is 1. The lowest BCUT2D eigenvalue weighted by Gasteiger charge is -2.33. The maximum Gasteiger partial charge on any atom is 0.239 e. The monoisotopic (exact) mass is 241 g/mol. The largest absolute Gasteiger partial charge is 0.341 e. The zero-order valence-electron chi connectivity index (χ0n) is 11.5. The summed E-state index contributed by atoms with van der Waals surface area (Å²) in [4.78, 5) is 15.9. The molecule has 0 saturated carbocycles. The van der Waals surface area contributed by atoms with Crippen LogP contribution in [-0.4, -0.2) is 55.5 Å². The molecule has 0 aromatic heterocycles. The van der Waals surface area contributed by atoms with E-state index in [1.165, 1.54) is 19.4 Å². The Hall–Kier alpha value is -0.610. The molecule has 1 rings (SSSR count). The van der Waals surface area contributed by atoms with Gasteiger partial charge in [-0.2, -0.15) is 0 Å². The molecule has 0 spiro atoms. The summed E-state index contributed by atoms with van der Waals surface area (Å²) >= 11 is 0. The first-order valence-electron chi connectivity index (χ1n) is 6.69. The van der Waals surface area contributed by atoms with Gasteiger partial charge in [-0.3, -0.25) is 4.79 Å².